The van der Waals surface area contributed by atoms with Crippen LogP contribution < -0.4 is 20.1 Å². The van der Waals surface area contributed by atoms with Crippen LogP contribution in [0.4, 0.5) is 4.39 Å². The summed E-state index contributed by atoms with van der Waals surface area (Å²) in [7, 11) is -3.97. The van der Waals surface area contributed by atoms with Crippen LogP contribution in [0.25, 0.3) is 0 Å². The lowest BCUT2D eigenvalue weighted by Crippen LogP contribution is -2.53. The first-order valence-electron chi connectivity index (χ1n) is 10.7. The number of amides is 2. The van der Waals surface area contributed by atoms with Gasteiger partial charge in [-0.3, -0.25) is 9.59 Å². The molecule has 2 aliphatic rings. The minimum absolute atomic E-state index is 0.00983. The number of nitrogens with zero attached hydrogens (tertiary/aromatic N) is 1. The first-order chi connectivity index (χ1) is 16.3. The summed E-state index contributed by atoms with van der Waals surface area (Å²) in [6.45, 7) is 1.03. The van der Waals surface area contributed by atoms with Gasteiger partial charge in [0.25, 0.3) is 0 Å². The maximum Gasteiger partial charge on any atom is 0.309 e. The number of hydrogen-bond donors (Lipinski definition) is 2. The molecule has 0 spiro atoms. The van der Waals surface area contributed by atoms with Crippen molar-refractivity contribution in [3.05, 3.63) is 53.8 Å². The van der Waals surface area contributed by atoms with Gasteiger partial charge in [-0.25, -0.2) is 12.8 Å². The summed E-state index contributed by atoms with van der Waals surface area (Å²) in [4.78, 5) is 24.3. The highest BCUT2D eigenvalue weighted by Crippen LogP contribution is 2.34. The molecule has 0 aromatic heterocycles. The molecule has 0 radical (unpaired) electrons. The van der Waals surface area contributed by atoms with Gasteiger partial charge in [0.15, 0.2) is 11.5 Å². The van der Waals surface area contributed by atoms with Crippen LogP contribution >= 0.6 is 0 Å². The summed E-state index contributed by atoms with van der Waals surface area (Å²) in [6.07, 6.45) is -0.507. The van der Waals surface area contributed by atoms with Gasteiger partial charge in [0.2, 0.25) is 10.0 Å². The zero-order valence-electron chi connectivity index (χ0n) is 18.2. The zero-order valence-corrected chi connectivity index (χ0v) is 19.0. The van der Waals surface area contributed by atoms with E-state index >= 15 is 0 Å². The molecule has 2 aromatic rings. The summed E-state index contributed by atoms with van der Waals surface area (Å²) in [6, 6.07) is 9.84. The first-order valence-corrected chi connectivity index (χ1v) is 12.1. The van der Waals surface area contributed by atoms with Crippen LogP contribution in [-0.4, -0.2) is 63.7 Å². The van der Waals surface area contributed by atoms with Gasteiger partial charge in [-0.15, -0.1) is 0 Å². The zero-order chi connectivity index (χ0) is 24.1. The third kappa shape index (κ3) is 5.46. The molecule has 2 aromatic carbocycles. The van der Waals surface area contributed by atoms with Crippen molar-refractivity contribution >= 4 is 21.8 Å². The van der Waals surface area contributed by atoms with Crippen LogP contribution in [0.2, 0.25) is 0 Å². The van der Waals surface area contributed by atoms with Gasteiger partial charge in [-0.1, -0.05) is 12.1 Å². The quantitative estimate of drug-likeness (QED) is 0.570. The molecule has 0 saturated carbocycles. The highest BCUT2D eigenvalue weighted by atomic mass is 32.2. The Balaban J connectivity index is 1.37. The van der Waals surface area contributed by atoms with E-state index in [9.17, 15) is 22.4 Å². The Bertz CT molecular complexity index is 1160. The maximum absolute atomic E-state index is 13.3. The van der Waals surface area contributed by atoms with E-state index in [1.807, 2.05) is 0 Å². The van der Waals surface area contributed by atoms with Gasteiger partial charge < -0.3 is 24.8 Å². The molecule has 10 nitrogen and oxygen atoms in total. The smallest absolute Gasteiger partial charge is 0.309 e. The Morgan fingerprint density at radius 3 is 2.44 bits per heavy atom. The highest BCUT2D eigenvalue weighted by molar-refractivity contribution is 7.89. The Morgan fingerprint density at radius 2 is 1.68 bits per heavy atom. The van der Waals surface area contributed by atoms with Crippen molar-refractivity contribution in [3.8, 4) is 11.5 Å². The highest BCUT2D eigenvalue weighted by Gasteiger charge is 2.35. The lowest BCUT2D eigenvalue weighted by molar-refractivity contribution is -0.140. The predicted octanol–water partition coefficient (Wildman–Crippen LogP) is 0.767. The van der Waals surface area contributed by atoms with E-state index in [-0.39, 0.29) is 24.5 Å². The SMILES string of the molecule is O=C(NCc1ccc(F)cc1)C(=O)NC[C@H]1OCCCN1S(=O)(=O)c1ccc2c(c1)OCCO2. The van der Waals surface area contributed by atoms with Crippen LogP contribution in [0.3, 0.4) is 0 Å². The topological polar surface area (TPSA) is 123 Å². The van der Waals surface area contributed by atoms with Crippen molar-refractivity contribution in [2.75, 3.05) is 32.9 Å². The fourth-order valence-corrected chi connectivity index (χ4v) is 5.13. The Morgan fingerprint density at radius 1 is 0.971 bits per heavy atom. The van der Waals surface area contributed by atoms with Gasteiger partial charge in [0, 0.05) is 19.2 Å². The summed E-state index contributed by atoms with van der Waals surface area (Å²) < 4.78 is 57.2. The monoisotopic (exact) mass is 493 g/mol. The van der Waals surface area contributed by atoms with Crippen LogP contribution in [0.15, 0.2) is 47.4 Å². The van der Waals surface area contributed by atoms with Gasteiger partial charge in [-0.2, -0.15) is 4.31 Å². The minimum Gasteiger partial charge on any atom is -0.486 e. The van der Waals surface area contributed by atoms with Gasteiger partial charge in [-0.05, 0) is 36.2 Å². The standard InChI is InChI=1S/C22H24FN3O7S/c23-16-4-2-15(3-5-16)13-24-21(27)22(28)25-14-20-26(8-1-9-33-20)34(29,30)17-6-7-18-19(12-17)32-11-10-31-18/h2-7,12,20H,1,8-11,13-14H2,(H,24,27)(H,25,28)/t20-/m1/s1. The average Bonchev–Trinajstić information content (AvgIpc) is 2.86. The second-order valence-corrected chi connectivity index (χ2v) is 9.51. The van der Waals surface area contributed by atoms with Gasteiger partial charge in [0.05, 0.1) is 18.0 Å². The Labute approximate surface area is 196 Å². The number of halogens is 1. The molecular formula is C22H24FN3O7S. The van der Waals surface area contributed by atoms with E-state index in [0.717, 1.165) is 4.31 Å². The van der Waals surface area contributed by atoms with Crippen molar-refractivity contribution in [2.45, 2.75) is 24.1 Å². The number of benzene rings is 2. The number of rotatable bonds is 6. The molecule has 12 heteroatoms. The molecule has 2 aliphatic heterocycles. The molecule has 1 saturated heterocycles. The maximum atomic E-state index is 13.3. The Kier molecular flexibility index (Phi) is 7.29. The van der Waals surface area contributed by atoms with Crippen LogP contribution in [-0.2, 0) is 30.9 Å². The molecule has 0 aliphatic carbocycles. The number of hydrogen-bond acceptors (Lipinski definition) is 7. The number of sulfonamides is 1. The van der Waals surface area contributed by atoms with E-state index in [2.05, 4.69) is 10.6 Å². The molecule has 34 heavy (non-hydrogen) atoms. The van der Waals surface area contributed by atoms with Crippen LogP contribution in [0, 0.1) is 5.82 Å². The molecule has 1 atom stereocenters. The normalized spacial score (nSPS) is 18.2. The fourth-order valence-electron chi connectivity index (χ4n) is 3.55. The molecule has 0 unspecified atom stereocenters. The van der Waals surface area contributed by atoms with E-state index in [1.165, 1.54) is 42.5 Å². The van der Waals surface area contributed by atoms with Crippen LogP contribution in [0.1, 0.15) is 12.0 Å². The second-order valence-electron chi connectivity index (χ2n) is 7.62. The Hall–Kier alpha value is -3.22. The first kappa shape index (κ1) is 23.9. The number of carbonyl (C=O) groups excluding carboxylic acids is 2. The fraction of sp³-hybridized carbons (Fsp3) is 0.364. The molecular weight excluding hydrogens is 469 g/mol. The third-order valence-corrected chi connectivity index (χ3v) is 7.17. The molecule has 1 fully saturated rings. The number of fused-ring (bicyclic) bond motifs is 1. The van der Waals surface area contributed by atoms with Crippen molar-refractivity contribution < 1.29 is 36.6 Å². The van der Waals surface area contributed by atoms with Crippen molar-refractivity contribution in [1.82, 2.24) is 14.9 Å². The number of ether oxygens (including phenoxy) is 3. The third-order valence-electron chi connectivity index (χ3n) is 5.28. The molecule has 2 amide bonds. The van der Waals surface area contributed by atoms with E-state index in [0.29, 0.717) is 43.3 Å². The lowest BCUT2D eigenvalue weighted by atomic mass is 10.2. The van der Waals surface area contributed by atoms with E-state index in [4.69, 9.17) is 14.2 Å². The van der Waals surface area contributed by atoms with Gasteiger partial charge >= 0.3 is 11.8 Å². The second kappa shape index (κ2) is 10.4. The molecule has 2 heterocycles. The summed E-state index contributed by atoms with van der Waals surface area (Å²) in [5.41, 5.74) is 0.620. The number of nitrogens with one attached hydrogen (secondary N) is 2. The number of carbonyl (C=O) groups is 2. The van der Waals surface area contributed by atoms with Crippen molar-refractivity contribution in [3.63, 3.8) is 0 Å². The molecule has 2 N–H and O–H groups in total. The molecule has 182 valence electrons. The lowest BCUT2D eigenvalue weighted by Gasteiger charge is -2.34. The molecule has 0 bridgehead atoms. The van der Waals surface area contributed by atoms with E-state index < -0.39 is 33.9 Å². The van der Waals surface area contributed by atoms with Crippen molar-refractivity contribution in [2.24, 2.45) is 0 Å². The summed E-state index contributed by atoms with van der Waals surface area (Å²) >= 11 is 0. The largest absolute Gasteiger partial charge is 0.486 e. The summed E-state index contributed by atoms with van der Waals surface area (Å²) in [5.74, 6) is -1.44. The minimum atomic E-state index is -3.97. The van der Waals surface area contributed by atoms with E-state index in [1.54, 1.807) is 0 Å². The summed E-state index contributed by atoms with van der Waals surface area (Å²) in [5, 5.41) is 4.84. The predicted molar refractivity (Wildman–Crippen MR) is 117 cm³/mol. The van der Waals surface area contributed by atoms with Crippen LogP contribution in [0.5, 0.6) is 11.5 Å². The van der Waals surface area contributed by atoms with Gasteiger partial charge in [0.1, 0.15) is 25.3 Å². The average molecular weight is 494 g/mol. The molecule has 4 rings (SSSR count). The van der Waals surface area contributed by atoms with Crippen molar-refractivity contribution in [1.29, 1.82) is 0 Å².